The van der Waals surface area contributed by atoms with E-state index < -0.39 is 67.4 Å². The molecule has 39 heavy (non-hydrogen) atoms. The molecule has 2 heterocycles. The van der Waals surface area contributed by atoms with Gasteiger partial charge in [-0.15, -0.1) is 6.58 Å². The minimum absolute atomic E-state index is 0.0410. The van der Waals surface area contributed by atoms with Crippen LogP contribution in [0.2, 0.25) is 0 Å². The number of phenolic OH excluding ortho intramolecular Hbond substituents is 1. The van der Waals surface area contributed by atoms with Crippen molar-refractivity contribution in [3.05, 3.63) is 54.3 Å². The average Bonchev–Trinajstić information content (AvgIpc) is 2.92. The van der Waals surface area contributed by atoms with Crippen molar-refractivity contribution in [1.82, 2.24) is 0 Å². The lowest BCUT2D eigenvalue weighted by Gasteiger charge is -2.43. The van der Waals surface area contributed by atoms with E-state index in [1.807, 2.05) is 0 Å². The molecule has 0 aromatic heterocycles. The van der Waals surface area contributed by atoms with Crippen molar-refractivity contribution in [2.75, 3.05) is 20.3 Å². The molecule has 2 aliphatic heterocycles. The fraction of sp³-hybridized carbons (Fsp3) is 0.462. The van der Waals surface area contributed by atoms with Crippen LogP contribution < -0.4 is 4.74 Å². The highest BCUT2D eigenvalue weighted by Crippen LogP contribution is 2.36. The summed E-state index contributed by atoms with van der Waals surface area (Å²) >= 11 is 0. The number of ether oxygens (including phenoxy) is 5. The molecule has 0 radical (unpaired) electrons. The van der Waals surface area contributed by atoms with E-state index in [0.29, 0.717) is 5.56 Å². The Morgan fingerprint density at radius 3 is 2.51 bits per heavy atom. The number of benzene rings is 1. The third kappa shape index (κ3) is 7.15. The number of aliphatic carboxylic acids is 1. The van der Waals surface area contributed by atoms with Crippen LogP contribution in [0.25, 0.3) is 6.08 Å². The van der Waals surface area contributed by atoms with E-state index in [-0.39, 0.29) is 30.1 Å². The summed E-state index contributed by atoms with van der Waals surface area (Å²) in [5, 5.41) is 59.0. The van der Waals surface area contributed by atoms with Gasteiger partial charge in [0.05, 0.1) is 32.2 Å². The number of esters is 1. The van der Waals surface area contributed by atoms with E-state index in [2.05, 4.69) is 6.58 Å². The maximum Gasteiger partial charge on any atom is 0.334 e. The van der Waals surface area contributed by atoms with Gasteiger partial charge in [-0.2, -0.15) is 0 Å². The Morgan fingerprint density at radius 1 is 1.13 bits per heavy atom. The molecule has 0 spiro atoms. The van der Waals surface area contributed by atoms with Gasteiger partial charge in [-0.3, -0.25) is 0 Å². The Kier molecular flexibility index (Phi) is 10.5. The van der Waals surface area contributed by atoms with E-state index in [9.17, 15) is 40.2 Å². The number of rotatable bonds is 11. The van der Waals surface area contributed by atoms with Gasteiger partial charge in [-0.25, -0.2) is 9.59 Å². The molecule has 0 saturated carbocycles. The van der Waals surface area contributed by atoms with Gasteiger partial charge in [0.15, 0.2) is 17.8 Å². The fourth-order valence-corrected chi connectivity index (χ4v) is 4.28. The predicted molar refractivity (Wildman–Crippen MR) is 132 cm³/mol. The topological polar surface area (TPSA) is 202 Å². The first-order valence-corrected chi connectivity index (χ1v) is 12.0. The zero-order valence-corrected chi connectivity index (χ0v) is 21.0. The molecule has 6 N–H and O–H groups in total. The maximum atomic E-state index is 12.2. The number of carboxylic acids is 1. The summed E-state index contributed by atoms with van der Waals surface area (Å²) in [6, 6.07) is 4.50. The third-order valence-electron chi connectivity index (χ3n) is 6.43. The highest BCUT2D eigenvalue weighted by atomic mass is 16.8. The van der Waals surface area contributed by atoms with Crippen molar-refractivity contribution >= 4 is 18.0 Å². The number of phenols is 1. The number of hydrogen-bond donors (Lipinski definition) is 6. The minimum Gasteiger partial charge on any atom is -0.504 e. The first kappa shape index (κ1) is 30.1. The SMILES string of the molecule is C=CC1C(OC2OC(CO)C(O)C(O)C2O)OC=C(C(=O)O)C1CCOC(=O)C=Cc1ccc(O)c(OC)c1. The summed E-state index contributed by atoms with van der Waals surface area (Å²) < 4.78 is 26.7. The Bertz CT molecular complexity index is 1080. The van der Waals surface area contributed by atoms with Gasteiger partial charge < -0.3 is 54.3 Å². The molecule has 0 bridgehead atoms. The number of carboxylic acid groups (broad SMARTS) is 1. The fourth-order valence-electron chi connectivity index (χ4n) is 4.28. The third-order valence-corrected chi connectivity index (χ3v) is 6.43. The molecule has 13 nitrogen and oxygen atoms in total. The second-order valence-electron chi connectivity index (χ2n) is 8.86. The summed E-state index contributed by atoms with van der Waals surface area (Å²) in [4.78, 5) is 24.1. The van der Waals surface area contributed by atoms with Gasteiger partial charge in [0, 0.05) is 17.9 Å². The Labute approximate surface area is 223 Å². The average molecular weight is 553 g/mol. The van der Waals surface area contributed by atoms with Crippen LogP contribution in [0.4, 0.5) is 0 Å². The van der Waals surface area contributed by atoms with Crippen molar-refractivity contribution in [2.24, 2.45) is 11.8 Å². The van der Waals surface area contributed by atoms with Gasteiger partial charge in [0.1, 0.15) is 24.4 Å². The van der Waals surface area contributed by atoms with Crippen molar-refractivity contribution in [1.29, 1.82) is 0 Å². The van der Waals surface area contributed by atoms with Crippen LogP contribution in [0, 0.1) is 11.8 Å². The van der Waals surface area contributed by atoms with E-state index in [4.69, 9.17) is 23.7 Å². The molecule has 0 aliphatic carbocycles. The standard InChI is InChI=1S/C26H32O13/c1-3-14-15(8-9-36-20(29)7-5-13-4-6-17(28)18(10-13)35-2)16(24(33)34)12-37-25(14)39-26-23(32)22(31)21(30)19(11-27)38-26/h3-7,10,12,14-15,19,21-23,25-28,30-32H,1,8-9,11H2,2H3,(H,33,34). The van der Waals surface area contributed by atoms with E-state index in [0.717, 1.165) is 6.26 Å². The monoisotopic (exact) mass is 552 g/mol. The Morgan fingerprint density at radius 2 is 1.87 bits per heavy atom. The highest BCUT2D eigenvalue weighted by molar-refractivity contribution is 5.88. The van der Waals surface area contributed by atoms with Crippen LogP contribution >= 0.6 is 0 Å². The maximum absolute atomic E-state index is 12.2. The molecule has 3 rings (SSSR count). The number of aliphatic hydroxyl groups excluding tert-OH is 4. The molecule has 13 heteroatoms. The molecular formula is C26H32O13. The summed E-state index contributed by atoms with van der Waals surface area (Å²) in [6.45, 7) is 2.88. The number of methoxy groups -OCH3 is 1. The zero-order valence-electron chi connectivity index (χ0n) is 21.0. The molecule has 1 fully saturated rings. The van der Waals surface area contributed by atoms with E-state index in [1.54, 1.807) is 6.07 Å². The molecule has 1 aromatic carbocycles. The van der Waals surface area contributed by atoms with Gasteiger partial charge in [0.2, 0.25) is 6.29 Å². The Balaban J connectivity index is 1.65. The number of carbonyl (C=O) groups is 2. The summed E-state index contributed by atoms with van der Waals surface area (Å²) in [6.07, 6.45) is -3.89. The molecule has 8 atom stereocenters. The Hall–Kier alpha value is -3.46. The summed E-state index contributed by atoms with van der Waals surface area (Å²) in [5.74, 6) is -3.39. The second-order valence-corrected chi connectivity index (χ2v) is 8.86. The van der Waals surface area contributed by atoms with E-state index in [1.165, 1.54) is 37.5 Å². The molecule has 8 unspecified atom stereocenters. The van der Waals surface area contributed by atoms with Crippen molar-refractivity contribution < 1.29 is 63.9 Å². The van der Waals surface area contributed by atoms with E-state index >= 15 is 0 Å². The number of hydrogen-bond acceptors (Lipinski definition) is 12. The van der Waals surface area contributed by atoms with Crippen LogP contribution in [0.1, 0.15) is 12.0 Å². The lowest BCUT2D eigenvalue weighted by atomic mass is 9.82. The lowest BCUT2D eigenvalue weighted by molar-refractivity contribution is -0.339. The largest absolute Gasteiger partial charge is 0.504 e. The van der Waals surface area contributed by atoms with Crippen LogP contribution in [0.5, 0.6) is 11.5 Å². The van der Waals surface area contributed by atoms with Crippen molar-refractivity contribution in [2.45, 2.75) is 43.4 Å². The summed E-state index contributed by atoms with van der Waals surface area (Å²) in [7, 11) is 1.39. The molecule has 1 aromatic rings. The molecule has 0 amide bonds. The van der Waals surface area contributed by atoms with Gasteiger partial charge in [-0.05, 0) is 30.2 Å². The van der Waals surface area contributed by atoms with Crippen LogP contribution in [-0.4, -0.2) is 99.9 Å². The van der Waals surface area contributed by atoms with Crippen molar-refractivity contribution in [3.63, 3.8) is 0 Å². The predicted octanol–water partition coefficient (Wildman–Crippen LogP) is -0.0930. The number of aliphatic hydroxyl groups is 4. The van der Waals surface area contributed by atoms with Gasteiger partial charge in [0.25, 0.3) is 0 Å². The minimum atomic E-state index is -1.69. The van der Waals surface area contributed by atoms with Crippen LogP contribution in [0.15, 0.2) is 48.8 Å². The molecule has 1 saturated heterocycles. The zero-order chi connectivity index (χ0) is 28.7. The molecule has 214 valence electrons. The highest BCUT2D eigenvalue weighted by Gasteiger charge is 2.47. The lowest BCUT2D eigenvalue weighted by Crippen LogP contribution is -2.60. The quantitative estimate of drug-likeness (QED) is 0.121. The first-order chi connectivity index (χ1) is 18.6. The van der Waals surface area contributed by atoms with Crippen molar-refractivity contribution in [3.8, 4) is 11.5 Å². The molecular weight excluding hydrogens is 520 g/mol. The van der Waals surface area contributed by atoms with Crippen LogP contribution in [0.3, 0.4) is 0 Å². The smallest absolute Gasteiger partial charge is 0.334 e. The van der Waals surface area contributed by atoms with Crippen LogP contribution in [-0.2, 0) is 28.5 Å². The first-order valence-electron chi connectivity index (χ1n) is 12.0. The second kappa shape index (κ2) is 13.6. The van der Waals surface area contributed by atoms with Gasteiger partial charge in [-0.1, -0.05) is 12.1 Å². The normalized spacial score (nSPS) is 30.7. The van der Waals surface area contributed by atoms with Gasteiger partial charge >= 0.3 is 11.9 Å². The summed E-state index contributed by atoms with van der Waals surface area (Å²) in [5.41, 5.74) is 0.443. The number of aromatic hydroxyl groups is 1. The molecule has 2 aliphatic rings. The number of carbonyl (C=O) groups excluding carboxylic acids is 1.